The number of rotatable bonds is 4. The van der Waals surface area contributed by atoms with Gasteiger partial charge in [-0.05, 0) is 36.4 Å². The van der Waals surface area contributed by atoms with Crippen molar-refractivity contribution in [3.8, 4) is 0 Å². The second-order valence-electron chi connectivity index (χ2n) is 4.01. The van der Waals surface area contributed by atoms with Crippen molar-refractivity contribution in [2.24, 2.45) is 0 Å². The SMILES string of the molecule is O=C(CS(=O)c1cccc(Cl)c1)Nc1cccc(F)c1. The Morgan fingerprint density at radius 1 is 1.20 bits per heavy atom. The van der Waals surface area contributed by atoms with Gasteiger partial charge in [0.05, 0.1) is 10.8 Å². The Bertz CT molecular complexity index is 663. The third kappa shape index (κ3) is 4.15. The number of halogens is 2. The molecule has 0 aliphatic rings. The molecule has 0 aromatic heterocycles. The number of carbonyl (C=O) groups is 1. The van der Waals surface area contributed by atoms with E-state index in [0.717, 1.165) is 0 Å². The standard InChI is InChI=1S/C14H11ClFNO2S/c15-10-3-1-6-13(7-10)20(19)9-14(18)17-12-5-2-4-11(16)8-12/h1-8H,9H2,(H,17,18). The topological polar surface area (TPSA) is 46.2 Å². The van der Waals surface area contributed by atoms with Crippen LogP contribution in [0.4, 0.5) is 10.1 Å². The summed E-state index contributed by atoms with van der Waals surface area (Å²) in [5.41, 5.74) is 0.332. The zero-order valence-electron chi connectivity index (χ0n) is 10.3. The van der Waals surface area contributed by atoms with Crippen molar-refractivity contribution in [2.45, 2.75) is 4.90 Å². The molecule has 0 heterocycles. The van der Waals surface area contributed by atoms with Gasteiger partial charge in [-0.2, -0.15) is 0 Å². The van der Waals surface area contributed by atoms with Gasteiger partial charge in [-0.1, -0.05) is 23.7 Å². The average Bonchev–Trinajstić information content (AvgIpc) is 2.38. The fourth-order valence-corrected chi connectivity index (χ4v) is 2.80. The van der Waals surface area contributed by atoms with Gasteiger partial charge in [-0.25, -0.2) is 4.39 Å². The summed E-state index contributed by atoms with van der Waals surface area (Å²) in [6.07, 6.45) is 0. The molecule has 0 fully saturated rings. The predicted octanol–water partition coefficient (Wildman–Crippen LogP) is 3.23. The van der Waals surface area contributed by atoms with E-state index in [1.807, 2.05) is 0 Å². The maximum atomic E-state index is 13.0. The van der Waals surface area contributed by atoms with Gasteiger partial charge in [0.1, 0.15) is 11.6 Å². The summed E-state index contributed by atoms with van der Waals surface area (Å²) in [6.45, 7) is 0. The molecule has 1 amide bonds. The summed E-state index contributed by atoms with van der Waals surface area (Å²) in [5.74, 6) is -1.11. The number of hydrogen-bond donors (Lipinski definition) is 1. The van der Waals surface area contributed by atoms with E-state index >= 15 is 0 Å². The molecule has 3 nitrogen and oxygen atoms in total. The molecular weight excluding hydrogens is 301 g/mol. The van der Waals surface area contributed by atoms with Gasteiger partial charge >= 0.3 is 0 Å². The van der Waals surface area contributed by atoms with E-state index in [4.69, 9.17) is 11.6 Å². The Morgan fingerprint density at radius 2 is 1.95 bits per heavy atom. The highest BCUT2D eigenvalue weighted by molar-refractivity contribution is 7.85. The highest BCUT2D eigenvalue weighted by Gasteiger charge is 2.11. The maximum absolute atomic E-state index is 13.0. The van der Waals surface area contributed by atoms with E-state index in [0.29, 0.717) is 15.6 Å². The molecule has 1 unspecified atom stereocenters. The van der Waals surface area contributed by atoms with E-state index in [1.54, 1.807) is 30.3 Å². The van der Waals surface area contributed by atoms with Gasteiger partial charge < -0.3 is 5.32 Å². The third-order valence-corrected chi connectivity index (χ3v) is 3.97. The first-order chi connectivity index (χ1) is 9.54. The highest BCUT2D eigenvalue weighted by atomic mass is 35.5. The first kappa shape index (κ1) is 14.7. The van der Waals surface area contributed by atoms with Crippen molar-refractivity contribution in [3.05, 3.63) is 59.4 Å². The molecule has 0 bridgehead atoms. The molecule has 0 spiro atoms. The molecule has 0 aliphatic carbocycles. The lowest BCUT2D eigenvalue weighted by Gasteiger charge is -2.05. The van der Waals surface area contributed by atoms with E-state index in [2.05, 4.69) is 5.32 Å². The average molecular weight is 312 g/mol. The lowest BCUT2D eigenvalue weighted by molar-refractivity contribution is -0.113. The molecule has 1 atom stereocenters. The molecule has 2 aromatic rings. The lowest BCUT2D eigenvalue weighted by Crippen LogP contribution is -2.19. The van der Waals surface area contributed by atoms with Gasteiger partial charge in [0.25, 0.3) is 0 Å². The second-order valence-corrected chi connectivity index (χ2v) is 5.89. The van der Waals surface area contributed by atoms with Crippen molar-refractivity contribution in [3.63, 3.8) is 0 Å². The number of amides is 1. The molecule has 0 saturated heterocycles. The smallest absolute Gasteiger partial charge is 0.237 e. The molecule has 0 radical (unpaired) electrons. The maximum Gasteiger partial charge on any atom is 0.237 e. The van der Waals surface area contributed by atoms with Crippen LogP contribution in [0.1, 0.15) is 0 Å². The first-order valence-corrected chi connectivity index (χ1v) is 7.43. The van der Waals surface area contributed by atoms with Crippen LogP contribution in [0.15, 0.2) is 53.4 Å². The second kappa shape index (κ2) is 6.63. The number of carbonyl (C=O) groups excluding carboxylic acids is 1. The molecular formula is C14H11ClFNO2S. The van der Waals surface area contributed by atoms with Gasteiger partial charge in [-0.3, -0.25) is 9.00 Å². The Balaban J connectivity index is 1.99. The van der Waals surface area contributed by atoms with Crippen LogP contribution < -0.4 is 5.32 Å². The number of hydrogen-bond acceptors (Lipinski definition) is 2. The van der Waals surface area contributed by atoms with Gasteiger partial charge in [0.2, 0.25) is 5.91 Å². The van der Waals surface area contributed by atoms with Crippen LogP contribution in [0.2, 0.25) is 5.02 Å². The van der Waals surface area contributed by atoms with Crippen molar-refractivity contribution < 1.29 is 13.4 Å². The predicted molar refractivity (Wildman–Crippen MR) is 77.8 cm³/mol. The lowest BCUT2D eigenvalue weighted by atomic mass is 10.3. The van der Waals surface area contributed by atoms with Gasteiger partial charge in [-0.15, -0.1) is 0 Å². The largest absolute Gasteiger partial charge is 0.325 e. The van der Waals surface area contributed by atoms with Gasteiger partial charge in [0.15, 0.2) is 0 Å². The van der Waals surface area contributed by atoms with Crippen LogP contribution in [0.5, 0.6) is 0 Å². The fourth-order valence-electron chi connectivity index (χ4n) is 1.57. The zero-order valence-corrected chi connectivity index (χ0v) is 11.9. The fraction of sp³-hybridized carbons (Fsp3) is 0.0714. The first-order valence-electron chi connectivity index (χ1n) is 5.74. The van der Waals surface area contributed by atoms with Crippen molar-refractivity contribution in [1.29, 1.82) is 0 Å². The van der Waals surface area contributed by atoms with Crippen LogP contribution in [0.25, 0.3) is 0 Å². The van der Waals surface area contributed by atoms with Crippen molar-refractivity contribution >= 4 is 34.0 Å². The van der Waals surface area contributed by atoms with Crippen molar-refractivity contribution in [1.82, 2.24) is 0 Å². The number of anilines is 1. The molecule has 2 aromatic carbocycles. The minimum absolute atomic E-state index is 0.211. The van der Waals surface area contributed by atoms with Crippen LogP contribution in [0.3, 0.4) is 0 Å². The summed E-state index contributed by atoms with van der Waals surface area (Å²) in [6, 6.07) is 12.0. The van der Waals surface area contributed by atoms with Crippen LogP contribution in [-0.4, -0.2) is 15.9 Å². The monoisotopic (exact) mass is 311 g/mol. The van der Waals surface area contributed by atoms with Crippen molar-refractivity contribution in [2.75, 3.05) is 11.1 Å². The molecule has 0 aliphatic heterocycles. The molecule has 20 heavy (non-hydrogen) atoms. The van der Waals surface area contributed by atoms with E-state index in [-0.39, 0.29) is 5.75 Å². The third-order valence-electron chi connectivity index (χ3n) is 2.43. The minimum Gasteiger partial charge on any atom is -0.325 e. The quantitative estimate of drug-likeness (QED) is 0.942. The Kier molecular flexibility index (Phi) is 4.87. The normalized spacial score (nSPS) is 11.9. The molecule has 1 N–H and O–H groups in total. The number of benzene rings is 2. The van der Waals surface area contributed by atoms with Crippen LogP contribution >= 0.6 is 11.6 Å². The molecule has 104 valence electrons. The number of nitrogens with one attached hydrogen (secondary N) is 1. The summed E-state index contributed by atoms with van der Waals surface area (Å²) in [5, 5.41) is 2.95. The van der Waals surface area contributed by atoms with E-state index in [9.17, 15) is 13.4 Å². The van der Waals surface area contributed by atoms with Gasteiger partial charge in [0, 0.05) is 15.6 Å². The van der Waals surface area contributed by atoms with E-state index in [1.165, 1.54) is 18.2 Å². The summed E-state index contributed by atoms with van der Waals surface area (Å²) in [7, 11) is -1.49. The Labute approximate surface area is 123 Å². The Morgan fingerprint density at radius 3 is 2.65 bits per heavy atom. The molecule has 2 rings (SSSR count). The van der Waals surface area contributed by atoms with E-state index < -0.39 is 22.5 Å². The highest BCUT2D eigenvalue weighted by Crippen LogP contribution is 2.15. The molecule has 6 heteroatoms. The zero-order chi connectivity index (χ0) is 14.5. The Hall–Kier alpha value is -1.72. The van der Waals surface area contributed by atoms with Crippen LogP contribution in [0, 0.1) is 5.82 Å². The summed E-state index contributed by atoms with van der Waals surface area (Å²) in [4.78, 5) is 12.2. The summed E-state index contributed by atoms with van der Waals surface area (Å²) >= 11 is 5.80. The summed E-state index contributed by atoms with van der Waals surface area (Å²) < 4.78 is 24.9. The molecule has 0 saturated carbocycles. The van der Waals surface area contributed by atoms with Crippen LogP contribution in [-0.2, 0) is 15.6 Å². The minimum atomic E-state index is -1.49.